The SMILES string of the molecule is CCCCc1ncc(-c2ccccc2C(=O)OC)n1COCC[Si](C)(C)C. The summed E-state index contributed by atoms with van der Waals surface area (Å²) >= 11 is 0. The van der Waals surface area contributed by atoms with Gasteiger partial charge in [-0.1, -0.05) is 51.2 Å². The fourth-order valence-electron chi connectivity index (χ4n) is 2.84. The third-order valence-electron chi connectivity index (χ3n) is 4.52. The Morgan fingerprint density at radius 3 is 2.63 bits per heavy atom. The molecule has 0 spiro atoms. The normalized spacial score (nSPS) is 11.6. The summed E-state index contributed by atoms with van der Waals surface area (Å²) < 4.78 is 13.1. The van der Waals surface area contributed by atoms with Gasteiger partial charge in [-0.05, 0) is 18.5 Å². The number of carbonyl (C=O) groups excluding carboxylic acids is 1. The van der Waals surface area contributed by atoms with Crippen LogP contribution in [0.4, 0.5) is 0 Å². The van der Waals surface area contributed by atoms with E-state index in [9.17, 15) is 4.79 Å². The molecule has 0 aliphatic rings. The van der Waals surface area contributed by atoms with Crippen molar-refractivity contribution in [3.63, 3.8) is 0 Å². The molecular weight excluding hydrogens is 356 g/mol. The van der Waals surface area contributed by atoms with Crippen molar-refractivity contribution in [3.8, 4) is 11.3 Å². The van der Waals surface area contributed by atoms with Crippen LogP contribution in [0.15, 0.2) is 30.5 Å². The lowest BCUT2D eigenvalue weighted by Gasteiger charge is -2.18. The summed E-state index contributed by atoms with van der Waals surface area (Å²) in [6.07, 6.45) is 4.92. The van der Waals surface area contributed by atoms with Gasteiger partial charge in [-0.25, -0.2) is 9.78 Å². The number of imidazole rings is 1. The van der Waals surface area contributed by atoms with E-state index < -0.39 is 8.07 Å². The average Bonchev–Trinajstić information content (AvgIpc) is 3.04. The number of rotatable bonds is 10. The van der Waals surface area contributed by atoms with E-state index in [0.717, 1.165) is 49.0 Å². The highest BCUT2D eigenvalue weighted by Gasteiger charge is 2.19. The van der Waals surface area contributed by atoms with Crippen molar-refractivity contribution >= 4 is 14.0 Å². The summed E-state index contributed by atoms with van der Waals surface area (Å²) in [5, 5.41) is 0. The van der Waals surface area contributed by atoms with Gasteiger partial charge in [-0.15, -0.1) is 0 Å². The van der Waals surface area contributed by atoms with Crippen molar-refractivity contribution in [1.82, 2.24) is 9.55 Å². The summed E-state index contributed by atoms with van der Waals surface area (Å²) in [7, 11) is 0.274. The molecule has 1 heterocycles. The van der Waals surface area contributed by atoms with E-state index in [-0.39, 0.29) is 5.97 Å². The van der Waals surface area contributed by atoms with Crippen LogP contribution in [-0.2, 0) is 22.6 Å². The molecule has 0 saturated carbocycles. The van der Waals surface area contributed by atoms with Gasteiger partial charge in [0.25, 0.3) is 0 Å². The van der Waals surface area contributed by atoms with Crippen LogP contribution in [0.5, 0.6) is 0 Å². The molecule has 1 aromatic heterocycles. The second-order valence-corrected chi connectivity index (χ2v) is 13.6. The highest BCUT2D eigenvalue weighted by atomic mass is 28.3. The molecule has 0 saturated heterocycles. The number of unbranched alkanes of at least 4 members (excludes halogenated alkanes) is 1. The zero-order chi connectivity index (χ0) is 19.9. The fourth-order valence-corrected chi connectivity index (χ4v) is 3.59. The predicted molar refractivity (Wildman–Crippen MR) is 112 cm³/mol. The van der Waals surface area contributed by atoms with Crippen LogP contribution >= 0.6 is 0 Å². The first-order valence-electron chi connectivity index (χ1n) is 9.67. The summed E-state index contributed by atoms with van der Waals surface area (Å²) in [6.45, 7) is 10.4. The van der Waals surface area contributed by atoms with Crippen molar-refractivity contribution in [2.75, 3.05) is 13.7 Å². The summed E-state index contributed by atoms with van der Waals surface area (Å²) in [4.78, 5) is 16.8. The highest BCUT2D eigenvalue weighted by Crippen LogP contribution is 2.26. The first-order valence-corrected chi connectivity index (χ1v) is 13.4. The van der Waals surface area contributed by atoms with Gasteiger partial charge in [0, 0.05) is 26.7 Å². The Kier molecular flexibility index (Phi) is 7.80. The van der Waals surface area contributed by atoms with Gasteiger partial charge >= 0.3 is 5.97 Å². The number of hydrogen-bond acceptors (Lipinski definition) is 4. The fraction of sp³-hybridized carbons (Fsp3) is 0.524. The molecular formula is C21H32N2O3Si. The molecule has 0 radical (unpaired) electrons. The van der Waals surface area contributed by atoms with Crippen LogP contribution in [0.1, 0.15) is 35.9 Å². The monoisotopic (exact) mass is 388 g/mol. The van der Waals surface area contributed by atoms with Gasteiger partial charge in [0.15, 0.2) is 0 Å². The minimum Gasteiger partial charge on any atom is -0.465 e. The molecule has 1 aromatic carbocycles. The molecule has 0 aliphatic heterocycles. The average molecular weight is 389 g/mol. The zero-order valence-corrected chi connectivity index (χ0v) is 18.2. The Morgan fingerprint density at radius 2 is 1.96 bits per heavy atom. The Hall–Kier alpha value is -1.92. The van der Waals surface area contributed by atoms with E-state index in [0.29, 0.717) is 12.3 Å². The van der Waals surface area contributed by atoms with Crippen molar-refractivity contribution in [3.05, 3.63) is 41.9 Å². The van der Waals surface area contributed by atoms with E-state index in [1.165, 1.54) is 7.11 Å². The molecule has 2 aromatic rings. The molecule has 0 amide bonds. The second-order valence-electron chi connectivity index (χ2n) is 7.98. The molecule has 0 bridgehead atoms. The number of aryl methyl sites for hydroxylation is 1. The topological polar surface area (TPSA) is 53.3 Å². The maximum atomic E-state index is 12.2. The van der Waals surface area contributed by atoms with Crippen LogP contribution in [0.2, 0.25) is 25.7 Å². The molecule has 0 atom stereocenters. The van der Waals surface area contributed by atoms with Crippen molar-refractivity contribution < 1.29 is 14.3 Å². The Labute approximate surface area is 163 Å². The molecule has 0 unspecified atom stereocenters. The van der Waals surface area contributed by atoms with Crippen LogP contribution in [-0.4, -0.2) is 37.3 Å². The number of esters is 1. The highest BCUT2D eigenvalue weighted by molar-refractivity contribution is 6.76. The Bertz CT molecular complexity index is 750. The van der Waals surface area contributed by atoms with Crippen molar-refractivity contribution in [2.45, 2.75) is 58.6 Å². The zero-order valence-electron chi connectivity index (χ0n) is 17.2. The standard InChI is InChI=1S/C21H32N2O3Si/c1-6-7-12-20-22-15-19(23(20)16-26-13-14-27(3,4)5)17-10-8-9-11-18(17)21(24)25-2/h8-11,15H,6-7,12-14,16H2,1-5H3. The molecule has 0 N–H and O–H groups in total. The molecule has 148 valence electrons. The minimum atomic E-state index is -1.13. The third-order valence-corrected chi connectivity index (χ3v) is 6.22. The molecule has 6 heteroatoms. The van der Waals surface area contributed by atoms with Gasteiger partial charge in [-0.3, -0.25) is 0 Å². The summed E-state index contributed by atoms with van der Waals surface area (Å²) in [6, 6.07) is 8.62. The van der Waals surface area contributed by atoms with Gasteiger partial charge in [-0.2, -0.15) is 0 Å². The number of benzene rings is 1. The van der Waals surface area contributed by atoms with E-state index in [2.05, 4.69) is 36.1 Å². The summed E-state index contributed by atoms with van der Waals surface area (Å²) in [5.74, 6) is 0.660. The number of carbonyl (C=O) groups is 1. The first-order chi connectivity index (χ1) is 12.9. The van der Waals surface area contributed by atoms with E-state index in [4.69, 9.17) is 9.47 Å². The number of nitrogens with zero attached hydrogens (tertiary/aromatic N) is 2. The van der Waals surface area contributed by atoms with Gasteiger partial charge < -0.3 is 14.0 Å². The number of aromatic nitrogens is 2. The molecule has 5 nitrogen and oxygen atoms in total. The quantitative estimate of drug-likeness (QED) is 0.327. The van der Waals surface area contributed by atoms with Gasteiger partial charge in [0.1, 0.15) is 12.6 Å². The van der Waals surface area contributed by atoms with Crippen LogP contribution in [0.3, 0.4) is 0 Å². The third kappa shape index (κ3) is 6.04. The van der Waals surface area contributed by atoms with E-state index in [1.807, 2.05) is 24.4 Å². The lowest BCUT2D eigenvalue weighted by atomic mass is 10.1. The van der Waals surface area contributed by atoms with E-state index >= 15 is 0 Å². The first kappa shape index (κ1) is 21.4. The largest absolute Gasteiger partial charge is 0.465 e. The van der Waals surface area contributed by atoms with Crippen LogP contribution in [0.25, 0.3) is 11.3 Å². The van der Waals surface area contributed by atoms with Crippen molar-refractivity contribution in [1.29, 1.82) is 0 Å². The minimum absolute atomic E-state index is 0.340. The predicted octanol–water partition coefficient (Wildman–Crippen LogP) is 4.99. The molecule has 27 heavy (non-hydrogen) atoms. The second kappa shape index (κ2) is 9.85. The smallest absolute Gasteiger partial charge is 0.338 e. The Morgan fingerprint density at radius 1 is 1.22 bits per heavy atom. The van der Waals surface area contributed by atoms with Gasteiger partial charge in [0.05, 0.1) is 24.6 Å². The number of methoxy groups -OCH3 is 1. The maximum absolute atomic E-state index is 12.2. The maximum Gasteiger partial charge on any atom is 0.338 e. The van der Waals surface area contributed by atoms with E-state index in [1.54, 1.807) is 6.07 Å². The van der Waals surface area contributed by atoms with Gasteiger partial charge in [0.2, 0.25) is 0 Å². The number of ether oxygens (including phenoxy) is 2. The summed E-state index contributed by atoms with van der Waals surface area (Å²) in [5.41, 5.74) is 2.27. The number of hydrogen-bond donors (Lipinski definition) is 0. The Balaban J connectivity index is 2.31. The lowest BCUT2D eigenvalue weighted by molar-refractivity contribution is 0.0601. The van der Waals surface area contributed by atoms with Crippen molar-refractivity contribution in [2.24, 2.45) is 0 Å². The molecule has 2 rings (SSSR count). The van der Waals surface area contributed by atoms with Crippen LogP contribution in [0, 0.1) is 0 Å². The molecule has 0 fully saturated rings. The molecule has 0 aliphatic carbocycles. The van der Waals surface area contributed by atoms with Crippen LogP contribution < -0.4 is 0 Å². The lowest BCUT2D eigenvalue weighted by Crippen LogP contribution is -2.22.